The minimum Gasteiger partial charge on any atom is -0.383 e. The molecule has 1 heterocycles. The van der Waals surface area contributed by atoms with Crippen molar-refractivity contribution in [2.75, 3.05) is 20.3 Å². The van der Waals surface area contributed by atoms with Crippen molar-refractivity contribution in [3.63, 3.8) is 0 Å². The molecule has 3 aromatic rings. The number of methoxy groups -OCH3 is 1. The first-order valence-electron chi connectivity index (χ1n) is 13.3. The van der Waals surface area contributed by atoms with E-state index >= 15 is 0 Å². The van der Waals surface area contributed by atoms with Gasteiger partial charge in [-0.25, -0.2) is 4.98 Å². The maximum atomic E-state index is 13.8. The van der Waals surface area contributed by atoms with Gasteiger partial charge in [-0.05, 0) is 62.1 Å². The highest BCUT2D eigenvalue weighted by Gasteiger charge is 2.28. The van der Waals surface area contributed by atoms with Crippen LogP contribution in [0, 0.1) is 13.8 Å². The van der Waals surface area contributed by atoms with E-state index in [1.54, 1.807) is 11.7 Å². The summed E-state index contributed by atoms with van der Waals surface area (Å²) in [7, 11) is 1.65. The molecule has 1 amide bonds. The lowest BCUT2D eigenvalue weighted by Crippen LogP contribution is -2.40. The molecular weight excluding hydrogens is 450 g/mol. The van der Waals surface area contributed by atoms with Gasteiger partial charge in [0.15, 0.2) is 0 Å². The smallest absolute Gasteiger partial charge is 0.266 e. The molecule has 0 fully saturated rings. The van der Waals surface area contributed by atoms with Crippen LogP contribution in [0.3, 0.4) is 0 Å². The number of amides is 1. The molecule has 36 heavy (non-hydrogen) atoms. The third kappa shape index (κ3) is 6.41. The van der Waals surface area contributed by atoms with Crippen LogP contribution < -0.4 is 5.56 Å². The van der Waals surface area contributed by atoms with Crippen LogP contribution in [-0.4, -0.2) is 40.6 Å². The molecule has 0 radical (unpaired) electrons. The van der Waals surface area contributed by atoms with E-state index in [2.05, 4.69) is 13.8 Å². The molecular formula is C30H41N3O3. The van der Waals surface area contributed by atoms with Gasteiger partial charge in [0, 0.05) is 20.1 Å². The summed E-state index contributed by atoms with van der Waals surface area (Å²) in [5.41, 5.74) is 3.57. The predicted molar refractivity (Wildman–Crippen MR) is 147 cm³/mol. The van der Waals surface area contributed by atoms with Crippen molar-refractivity contribution in [3.8, 4) is 5.69 Å². The van der Waals surface area contributed by atoms with Crippen LogP contribution in [0.4, 0.5) is 0 Å². The minimum absolute atomic E-state index is 0.0874. The summed E-state index contributed by atoms with van der Waals surface area (Å²) in [5.74, 6) is 0.685. The second kappa shape index (κ2) is 13.4. The number of benzene rings is 2. The van der Waals surface area contributed by atoms with E-state index in [0.717, 1.165) is 36.1 Å². The van der Waals surface area contributed by atoms with Gasteiger partial charge >= 0.3 is 0 Å². The van der Waals surface area contributed by atoms with Gasteiger partial charge in [-0.1, -0.05) is 57.7 Å². The number of hydrogen-bond donors (Lipinski definition) is 0. The Kier molecular flexibility index (Phi) is 10.2. The first-order chi connectivity index (χ1) is 17.4. The van der Waals surface area contributed by atoms with Crippen LogP contribution in [0.25, 0.3) is 16.6 Å². The zero-order valence-corrected chi connectivity index (χ0v) is 22.5. The molecule has 0 N–H and O–H groups in total. The second-order valence-electron chi connectivity index (χ2n) is 9.56. The van der Waals surface area contributed by atoms with Crippen LogP contribution in [-0.2, 0) is 9.53 Å². The first-order valence-corrected chi connectivity index (χ1v) is 13.3. The highest BCUT2D eigenvalue weighted by atomic mass is 16.5. The Bertz CT molecular complexity index is 1220. The normalized spacial score (nSPS) is 12.1. The Morgan fingerprint density at radius 1 is 1.03 bits per heavy atom. The number of ether oxygens (including phenoxy) is 1. The van der Waals surface area contributed by atoms with E-state index in [9.17, 15) is 9.59 Å². The van der Waals surface area contributed by atoms with Crippen molar-refractivity contribution < 1.29 is 9.53 Å². The maximum Gasteiger partial charge on any atom is 0.266 e. The Labute approximate surface area is 215 Å². The molecule has 1 atom stereocenters. The van der Waals surface area contributed by atoms with Crippen LogP contribution in [0.1, 0.15) is 81.8 Å². The van der Waals surface area contributed by atoms with Gasteiger partial charge in [0.25, 0.3) is 5.56 Å². The van der Waals surface area contributed by atoms with Crippen LogP contribution in [0.5, 0.6) is 0 Å². The zero-order chi connectivity index (χ0) is 26.1. The van der Waals surface area contributed by atoms with E-state index in [1.807, 2.05) is 61.2 Å². The molecule has 1 aromatic heterocycles. The fourth-order valence-electron chi connectivity index (χ4n) is 4.70. The number of hydrogen-bond acceptors (Lipinski definition) is 4. The third-order valence-electron chi connectivity index (χ3n) is 6.96. The lowest BCUT2D eigenvalue weighted by Gasteiger charge is -2.32. The van der Waals surface area contributed by atoms with Gasteiger partial charge < -0.3 is 9.64 Å². The molecule has 2 aromatic carbocycles. The summed E-state index contributed by atoms with van der Waals surface area (Å²) in [6.07, 6.45) is 6.58. The minimum atomic E-state index is -0.345. The molecule has 0 bridgehead atoms. The number of carbonyl (C=O) groups excluding carboxylic acids is 1. The molecule has 6 heteroatoms. The molecule has 194 valence electrons. The average Bonchev–Trinajstić information content (AvgIpc) is 2.88. The van der Waals surface area contributed by atoms with Gasteiger partial charge in [-0.3, -0.25) is 14.2 Å². The fraction of sp³-hybridized carbons (Fsp3) is 0.500. The lowest BCUT2D eigenvalue weighted by atomic mass is 10.1. The molecule has 0 spiro atoms. The molecule has 0 aliphatic rings. The summed E-state index contributed by atoms with van der Waals surface area (Å²) >= 11 is 0. The molecule has 1 unspecified atom stereocenters. The Morgan fingerprint density at radius 2 is 1.78 bits per heavy atom. The van der Waals surface area contributed by atoms with E-state index < -0.39 is 0 Å². The van der Waals surface area contributed by atoms with Gasteiger partial charge in [0.1, 0.15) is 5.82 Å². The van der Waals surface area contributed by atoms with Crippen molar-refractivity contribution in [3.05, 3.63) is 69.8 Å². The monoisotopic (exact) mass is 491 g/mol. The first kappa shape index (κ1) is 27.6. The summed E-state index contributed by atoms with van der Waals surface area (Å²) in [5, 5.41) is 0.569. The molecule has 0 aliphatic heterocycles. The van der Waals surface area contributed by atoms with Crippen molar-refractivity contribution in [2.24, 2.45) is 0 Å². The van der Waals surface area contributed by atoms with Crippen molar-refractivity contribution >= 4 is 16.8 Å². The largest absolute Gasteiger partial charge is 0.383 e. The van der Waals surface area contributed by atoms with Gasteiger partial charge in [0.05, 0.1) is 29.2 Å². The number of nitrogens with zero attached hydrogens (tertiary/aromatic N) is 3. The van der Waals surface area contributed by atoms with Gasteiger partial charge in [-0.2, -0.15) is 0 Å². The van der Waals surface area contributed by atoms with E-state index in [-0.39, 0.29) is 17.5 Å². The Balaban J connectivity index is 2.11. The third-order valence-corrected chi connectivity index (χ3v) is 6.96. The molecule has 0 aliphatic carbocycles. The highest BCUT2D eigenvalue weighted by molar-refractivity contribution is 5.79. The second-order valence-corrected chi connectivity index (χ2v) is 9.56. The van der Waals surface area contributed by atoms with Gasteiger partial charge in [0.2, 0.25) is 5.91 Å². The van der Waals surface area contributed by atoms with E-state index in [1.165, 1.54) is 12.8 Å². The Hall–Kier alpha value is -2.99. The maximum absolute atomic E-state index is 13.8. The Morgan fingerprint density at radius 3 is 2.47 bits per heavy atom. The zero-order valence-electron chi connectivity index (χ0n) is 22.5. The average molecular weight is 492 g/mol. The highest BCUT2D eigenvalue weighted by Crippen LogP contribution is 2.27. The lowest BCUT2D eigenvalue weighted by molar-refractivity contribution is -0.135. The number of unbranched alkanes of at least 4 members (excludes halogenated alkanes) is 4. The standard InChI is InChI=1S/C30H41N3O3/c1-6-8-9-10-11-16-28(34)32(19-20-36-5)27(7-2)29-31-26-15-13-12-14-25(26)30(35)33(29)24-18-17-22(3)23(4)21-24/h12-15,17-18,21,27H,6-11,16,19-20H2,1-5H3. The topological polar surface area (TPSA) is 64.4 Å². The van der Waals surface area contributed by atoms with Crippen molar-refractivity contribution in [1.82, 2.24) is 14.5 Å². The summed E-state index contributed by atoms with van der Waals surface area (Å²) in [6.45, 7) is 9.22. The predicted octanol–water partition coefficient (Wildman–Crippen LogP) is 6.29. The number of aryl methyl sites for hydroxylation is 2. The van der Waals surface area contributed by atoms with Gasteiger partial charge in [-0.15, -0.1) is 0 Å². The molecule has 6 nitrogen and oxygen atoms in total. The molecule has 3 rings (SSSR count). The number of aromatic nitrogens is 2. The summed E-state index contributed by atoms with van der Waals surface area (Å²) in [4.78, 5) is 34.2. The van der Waals surface area contributed by atoms with Crippen LogP contribution in [0.15, 0.2) is 47.3 Å². The van der Waals surface area contributed by atoms with Crippen molar-refractivity contribution in [1.29, 1.82) is 0 Å². The van der Waals surface area contributed by atoms with E-state index in [0.29, 0.717) is 42.7 Å². The number of para-hydroxylation sites is 1. The molecule has 0 saturated heterocycles. The van der Waals surface area contributed by atoms with Crippen LogP contribution >= 0.6 is 0 Å². The quantitative estimate of drug-likeness (QED) is 0.264. The summed E-state index contributed by atoms with van der Waals surface area (Å²) < 4.78 is 7.07. The van der Waals surface area contributed by atoms with Crippen molar-refractivity contribution in [2.45, 2.75) is 78.7 Å². The SMILES string of the molecule is CCCCCCCC(=O)N(CCOC)C(CC)c1nc2ccccc2c(=O)n1-c1ccc(C)c(C)c1. The number of fused-ring (bicyclic) bond motifs is 1. The number of carbonyl (C=O) groups is 1. The molecule has 0 saturated carbocycles. The number of rotatable bonds is 13. The van der Waals surface area contributed by atoms with Crippen LogP contribution in [0.2, 0.25) is 0 Å². The van der Waals surface area contributed by atoms with E-state index in [4.69, 9.17) is 9.72 Å². The summed E-state index contributed by atoms with van der Waals surface area (Å²) in [6, 6.07) is 13.1. The fourth-order valence-corrected chi connectivity index (χ4v) is 4.70.